The van der Waals surface area contributed by atoms with Crippen LogP contribution in [-0.2, 0) is 4.79 Å². The zero-order chi connectivity index (χ0) is 7.73. The fraction of sp³-hybridized carbons (Fsp3) is 0.889. The molecule has 1 N–H and O–H groups in total. The van der Waals surface area contributed by atoms with Gasteiger partial charge in [0, 0.05) is 13.0 Å². The first-order valence-electron chi connectivity index (χ1n) is 4.58. The lowest BCUT2D eigenvalue weighted by Crippen LogP contribution is -2.39. The normalized spacial score (nSPS) is 28.9. The highest BCUT2D eigenvalue weighted by molar-refractivity contribution is 5.77. The van der Waals surface area contributed by atoms with Crippen LogP contribution in [0.3, 0.4) is 0 Å². The largest absolute Gasteiger partial charge is 0.356 e. The van der Waals surface area contributed by atoms with E-state index in [1.54, 1.807) is 0 Å². The second kappa shape index (κ2) is 2.50. The van der Waals surface area contributed by atoms with Crippen LogP contribution in [0.25, 0.3) is 0 Å². The Labute approximate surface area is 67.4 Å². The first-order chi connectivity index (χ1) is 5.31. The number of rotatable bonds is 0. The van der Waals surface area contributed by atoms with Crippen molar-refractivity contribution in [3.63, 3.8) is 0 Å². The Balaban J connectivity index is 2.05. The fourth-order valence-corrected chi connectivity index (χ4v) is 2.51. The average Bonchev–Trinajstić information content (AvgIpc) is 2.37. The van der Waals surface area contributed by atoms with E-state index in [9.17, 15) is 4.79 Å². The van der Waals surface area contributed by atoms with Crippen LogP contribution in [0.15, 0.2) is 0 Å². The number of carbonyl (C=O) groups excluding carboxylic acids is 1. The van der Waals surface area contributed by atoms with Crippen LogP contribution in [0, 0.1) is 5.41 Å². The maximum absolute atomic E-state index is 11.1. The van der Waals surface area contributed by atoms with E-state index in [4.69, 9.17) is 0 Å². The van der Waals surface area contributed by atoms with Gasteiger partial charge in [-0.25, -0.2) is 0 Å². The minimum absolute atomic E-state index is 0.276. The van der Waals surface area contributed by atoms with Gasteiger partial charge in [0.1, 0.15) is 0 Å². The quantitative estimate of drug-likeness (QED) is 0.561. The summed E-state index contributed by atoms with van der Waals surface area (Å²) in [6.45, 7) is 0.916. The minimum Gasteiger partial charge on any atom is -0.356 e. The van der Waals surface area contributed by atoms with Crippen molar-refractivity contribution in [3.8, 4) is 0 Å². The number of hydrogen-bond acceptors (Lipinski definition) is 1. The Bertz CT molecular complexity index is 170. The topological polar surface area (TPSA) is 29.1 Å². The van der Waals surface area contributed by atoms with Crippen LogP contribution in [0.2, 0.25) is 0 Å². The molecule has 2 heteroatoms. The van der Waals surface area contributed by atoms with E-state index in [0.717, 1.165) is 13.0 Å². The van der Waals surface area contributed by atoms with Gasteiger partial charge in [-0.15, -0.1) is 0 Å². The molecular formula is C9H15NO. The Morgan fingerprint density at radius 3 is 2.55 bits per heavy atom. The monoisotopic (exact) mass is 153 g/mol. The highest BCUT2D eigenvalue weighted by Crippen LogP contribution is 2.44. The van der Waals surface area contributed by atoms with Crippen molar-refractivity contribution >= 4 is 5.91 Å². The molecule has 2 fully saturated rings. The Hall–Kier alpha value is -0.530. The summed E-state index contributed by atoms with van der Waals surface area (Å²) >= 11 is 0. The zero-order valence-electron chi connectivity index (χ0n) is 6.86. The molecule has 1 aliphatic carbocycles. The van der Waals surface area contributed by atoms with Gasteiger partial charge in [-0.2, -0.15) is 0 Å². The summed E-state index contributed by atoms with van der Waals surface area (Å²) in [4.78, 5) is 11.1. The van der Waals surface area contributed by atoms with Crippen molar-refractivity contribution in [2.75, 3.05) is 6.54 Å². The van der Waals surface area contributed by atoms with Crippen molar-refractivity contribution < 1.29 is 4.79 Å². The molecule has 0 aromatic carbocycles. The van der Waals surface area contributed by atoms with Gasteiger partial charge < -0.3 is 5.32 Å². The van der Waals surface area contributed by atoms with Crippen molar-refractivity contribution in [2.24, 2.45) is 5.41 Å². The number of hydrogen-bond donors (Lipinski definition) is 1. The highest BCUT2D eigenvalue weighted by Gasteiger charge is 2.37. The number of nitrogens with one attached hydrogen (secondary N) is 1. The molecule has 2 rings (SSSR count). The third kappa shape index (κ3) is 1.26. The Morgan fingerprint density at radius 1 is 1.18 bits per heavy atom. The van der Waals surface area contributed by atoms with Crippen molar-refractivity contribution in [1.29, 1.82) is 0 Å². The second-order valence-corrected chi connectivity index (χ2v) is 3.98. The van der Waals surface area contributed by atoms with Crippen molar-refractivity contribution in [1.82, 2.24) is 5.32 Å². The Morgan fingerprint density at radius 2 is 1.91 bits per heavy atom. The summed E-state index contributed by atoms with van der Waals surface area (Å²) < 4.78 is 0. The summed E-state index contributed by atoms with van der Waals surface area (Å²) in [5.74, 6) is 0.276. The molecule has 1 saturated carbocycles. The average molecular weight is 153 g/mol. The van der Waals surface area contributed by atoms with Crippen LogP contribution in [0.1, 0.15) is 38.5 Å². The molecule has 62 valence electrons. The molecule has 1 aliphatic heterocycles. The van der Waals surface area contributed by atoms with Gasteiger partial charge in [0.15, 0.2) is 0 Å². The minimum atomic E-state index is 0.276. The van der Waals surface area contributed by atoms with Gasteiger partial charge in [0.25, 0.3) is 0 Å². The summed E-state index contributed by atoms with van der Waals surface area (Å²) in [6.07, 6.45) is 7.28. The van der Waals surface area contributed by atoms with E-state index < -0.39 is 0 Å². The molecule has 0 atom stereocenters. The predicted octanol–water partition coefficient (Wildman–Crippen LogP) is 1.46. The van der Waals surface area contributed by atoms with E-state index >= 15 is 0 Å². The number of amides is 1. The first kappa shape index (κ1) is 7.14. The summed E-state index contributed by atoms with van der Waals surface area (Å²) in [6, 6.07) is 0. The standard InChI is InChI=1S/C9H15NO/c11-8-7-9(5-6-10-8)3-1-2-4-9/h1-7H2,(H,10,11). The van der Waals surface area contributed by atoms with E-state index in [1.165, 1.54) is 32.1 Å². The van der Waals surface area contributed by atoms with Gasteiger partial charge in [-0.1, -0.05) is 12.8 Å². The van der Waals surface area contributed by atoms with Gasteiger partial charge in [0.05, 0.1) is 0 Å². The lowest BCUT2D eigenvalue weighted by molar-refractivity contribution is -0.125. The molecule has 0 aromatic heterocycles. The van der Waals surface area contributed by atoms with Gasteiger partial charge in [-0.3, -0.25) is 4.79 Å². The second-order valence-electron chi connectivity index (χ2n) is 3.98. The summed E-state index contributed by atoms with van der Waals surface area (Å²) in [5, 5.41) is 2.89. The molecule has 1 heterocycles. The molecule has 1 amide bonds. The van der Waals surface area contributed by atoms with Crippen LogP contribution in [0.4, 0.5) is 0 Å². The number of piperidine rings is 1. The molecule has 2 aliphatic rings. The zero-order valence-corrected chi connectivity index (χ0v) is 6.86. The lowest BCUT2D eigenvalue weighted by atomic mass is 9.77. The molecule has 1 saturated heterocycles. The maximum atomic E-state index is 11.1. The van der Waals surface area contributed by atoms with Gasteiger partial charge >= 0.3 is 0 Å². The predicted molar refractivity (Wildman–Crippen MR) is 43.1 cm³/mol. The van der Waals surface area contributed by atoms with E-state index in [0.29, 0.717) is 5.41 Å². The van der Waals surface area contributed by atoms with E-state index in [1.807, 2.05) is 0 Å². The molecule has 2 nitrogen and oxygen atoms in total. The van der Waals surface area contributed by atoms with Crippen LogP contribution in [0.5, 0.6) is 0 Å². The molecule has 0 unspecified atom stereocenters. The van der Waals surface area contributed by atoms with E-state index in [-0.39, 0.29) is 5.91 Å². The van der Waals surface area contributed by atoms with Crippen molar-refractivity contribution in [2.45, 2.75) is 38.5 Å². The van der Waals surface area contributed by atoms with E-state index in [2.05, 4.69) is 5.32 Å². The molecule has 0 aromatic rings. The van der Waals surface area contributed by atoms with Crippen molar-refractivity contribution in [3.05, 3.63) is 0 Å². The SMILES string of the molecule is O=C1CC2(CCCC2)CCN1. The third-order valence-electron chi connectivity index (χ3n) is 3.18. The number of carbonyl (C=O) groups is 1. The van der Waals surface area contributed by atoms with Gasteiger partial charge in [-0.05, 0) is 24.7 Å². The van der Waals surface area contributed by atoms with Crippen LogP contribution < -0.4 is 5.32 Å². The highest BCUT2D eigenvalue weighted by atomic mass is 16.1. The summed E-state index contributed by atoms with van der Waals surface area (Å²) in [7, 11) is 0. The first-order valence-corrected chi connectivity index (χ1v) is 4.58. The summed E-state index contributed by atoms with van der Waals surface area (Å²) in [5.41, 5.74) is 0.433. The van der Waals surface area contributed by atoms with Gasteiger partial charge in [0.2, 0.25) is 5.91 Å². The third-order valence-corrected chi connectivity index (χ3v) is 3.18. The fourth-order valence-electron chi connectivity index (χ4n) is 2.51. The van der Waals surface area contributed by atoms with Crippen LogP contribution >= 0.6 is 0 Å². The maximum Gasteiger partial charge on any atom is 0.220 e. The van der Waals surface area contributed by atoms with Crippen LogP contribution in [-0.4, -0.2) is 12.5 Å². The Kier molecular flexibility index (Phi) is 1.63. The molecule has 1 spiro atoms. The lowest BCUT2D eigenvalue weighted by Gasteiger charge is -2.32. The smallest absolute Gasteiger partial charge is 0.220 e. The molecule has 0 radical (unpaired) electrons. The molecule has 11 heavy (non-hydrogen) atoms. The molecule has 0 bridgehead atoms. The molecular weight excluding hydrogens is 138 g/mol.